The number of hydrogen-bond donors (Lipinski definition) is 2. The average molecular weight is 478 g/mol. The number of hydrogen-bond acceptors (Lipinski definition) is 5. The molecule has 35 heavy (non-hydrogen) atoms. The molecule has 2 amide bonds. The third-order valence-corrected chi connectivity index (χ3v) is 6.66. The van der Waals surface area contributed by atoms with E-state index in [4.69, 9.17) is 9.57 Å². The molecule has 0 saturated carbocycles. The largest absolute Gasteiger partial charge is 0.372 e. The van der Waals surface area contributed by atoms with Crippen molar-refractivity contribution in [2.24, 2.45) is 0 Å². The van der Waals surface area contributed by atoms with Gasteiger partial charge in [-0.2, -0.15) is 0 Å². The Kier molecular flexibility index (Phi) is 8.55. The Bertz CT molecular complexity index is 1040. The molecule has 2 atom stereocenters. The van der Waals surface area contributed by atoms with Crippen LogP contribution < -0.4 is 15.7 Å². The number of carbonyl (C=O) groups excluding carboxylic acids is 2. The van der Waals surface area contributed by atoms with Gasteiger partial charge in [0.2, 0.25) is 0 Å². The fraction of sp³-hybridized carbons (Fsp3) is 0.429. The summed E-state index contributed by atoms with van der Waals surface area (Å²) >= 11 is 0. The number of aryl methyl sites for hydroxylation is 1. The standard InChI is InChI=1S/C28H35N3O4/c1-3-31(4-2)23-13-10-21(11-14-23)28(33)29-25-16-12-22-19-20(8-15-24(22)25)9-17-26(32)30-35-27-7-5-6-18-34-27/h8-11,13-15,17,19,25,27H,3-7,12,16,18H2,1-2H3,(H,29,33)(H,30,32)/b17-9+. The molecule has 7 heteroatoms. The first-order chi connectivity index (χ1) is 17.1. The van der Waals surface area contributed by atoms with Gasteiger partial charge in [0.25, 0.3) is 11.8 Å². The highest BCUT2D eigenvalue weighted by atomic mass is 16.8. The number of rotatable bonds is 9. The highest BCUT2D eigenvalue weighted by Crippen LogP contribution is 2.32. The Labute approximate surface area is 207 Å². The fourth-order valence-corrected chi connectivity index (χ4v) is 4.68. The average Bonchev–Trinajstić information content (AvgIpc) is 3.29. The fourth-order valence-electron chi connectivity index (χ4n) is 4.68. The molecule has 2 aromatic rings. The second-order valence-corrected chi connectivity index (χ2v) is 8.96. The Morgan fingerprint density at radius 3 is 2.60 bits per heavy atom. The minimum absolute atomic E-state index is 0.00909. The molecule has 2 unspecified atom stereocenters. The molecule has 1 heterocycles. The van der Waals surface area contributed by atoms with E-state index in [1.54, 1.807) is 6.08 Å². The van der Waals surface area contributed by atoms with Crippen molar-refractivity contribution in [1.82, 2.24) is 10.8 Å². The van der Waals surface area contributed by atoms with E-state index < -0.39 is 0 Å². The van der Waals surface area contributed by atoms with Crippen LogP contribution in [0.1, 0.15) is 72.6 Å². The van der Waals surface area contributed by atoms with Crippen LogP contribution in [0.2, 0.25) is 0 Å². The van der Waals surface area contributed by atoms with E-state index in [2.05, 4.69) is 35.6 Å². The molecule has 2 N–H and O–H groups in total. The van der Waals surface area contributed by atoms with Crippen LogP contribution in [0.3, 0.4) is 0 Å². The second kappa shape index (κ2) is 12.0. The summed E-state index contributed by atoms with van der Waals surface area (Å²) in [5.74, 6) is -0.381. The molecular weight excluding hydrogens is 442 g/mol. The first-order valence-corrected chi connectivity index (χ1v) is 12.6. The van der Waals surface area contributed by atoms with Crippen LogP contribution in [-0.4, -0.2) is 37.8 Å². The lowest BCUT2D eigenvalue weighted by atomic mass is 10.0. The molecule has 2 aromatic carbocycles. The predicted molar refractivity (Wildman–Crippen MR) is 137 cm³/mol. The normalized spacial score (nSPS) is 19.4. The van der Waals surface area contributed by atoms with Crippen molar-refractivity contribution in [3.05, 3.63) is 70.8 Å². The maximum Gasteiger partial charge on any atom is 0.267 e. The molecule has 1 aliphatic carbocycles. The number of hydroxylamine groups is 1. The van der Waals surface area contributed by atoms with Crippen molar-refractivity contribution in [3.63, 3.8) is 0 Å². The van der Waals surface area contributed by atoms with Crippen LogP contribution in [0, 0.1) is 0 Å². The number of anilines is 1. The molecular formula is C28H35N3O4. The van der Waals surface area contributed by atoms with Crippen molar-refractivity contribution in [2.75, 3.05) is 24.6 Å². The zero-order chi connectivity index (χ0) is 24.6. The number of nitrogens with zero attached hydrogens (tertiary/aromatic N) is 1. The summed E-state index contributed by atoms with van der Waals surface area (Å²) in [5, 5.41) is 3.18. The van der Waals surface area contributed by atoms with Crippen molar-refractivity contribution >= 4 is 23.6 Å². The summed E-state index contributed by atoms with van der Waals surface area (Å²) in [6, 6.07) is 13.9. The third kappa shape index (κ3) is 6.50. The smallest absolute Gasteiger partial charge is 0.267 e. The van der Waals surface area contributed by atoms with Gasteiger partial charge in [-0.25, -0.2) is 10.3 Å². The van der Waals surface area contributed by atoms with Gasteiger partial charge in [-0.1, -0.05) is 18.2 Å². The Morgan fingerprint density at radius 1 is 1.09 bits per heavy atom. The molecule has 1 saturated heterocycles. The van der Waals surface area contributed by atoms with Crippen LogP contribution in [0.15, 0.2) is 48.5 Å². The van der Waals surface area contributed by atoms with Gasteiger partial charge >= 0.3 is 0 Å². The van der Waals surface area contributed by atoms with Gasteiger partial charge in [-0.3, -0.25) is 9.59 Å². The summed E-state index contributed by atoms with van der Waals surface area (Å²) in [7, 11) is 0. The second-order valence-electron chi connectivity index (χ2n) is 8.96. The predicted octanol–water partition coefficient (Wildman–Crippen LogP) is 4.54. The monoisotopic (exact) mass is 477 g/mol. The summed E-state index contributed by atoms with van der Waals surface area (Å²) in [4.78, 5) is 32.5. The first-order valence-electron chi connectivity index (χ1n) is 12.6. The van der Waals surface area contributed by atoms with Gasteiger partial charge in [-0.15, -0.1) is 0 Å². The highest BCUT2D eigenvalue weighted by molar-refractivity contribution is 5.95. The molecule has 4 rings (SSSR count). The molecule has 1 aliphatic heterocycles. The molecule has 186 valence electrons. The molecule has 1 fully saturated rings. The topological polar surface area (TPSA) is 79.9 Å². The number of amides is 2. The van der Waals surface area contributed by atoms with Gasteiger partial charge in [-0.05, 0) is 86.6 Å². The minimum Gasteiger partial charge on any atom is -0.372 e. The molecule has 0 spiro atoms. The van der Waals surface area contributed by atoms with Crippen molar-refractivity contribution in [2.45, 2.75) is 58.3 Å². The number of fused-ring (bicyclic) bond motifs is 1. The number of carbonyl (C=O) groups is 2. The summed E-state index contributed by atoms with van der Waals surface area (Å²) in [5.41, 5.74) is 7.50. The molecule has 7 nitrogen and oxygen atoms in total. The summed E-state index contributed by atoms with van der Waals surface area (Å²) in [6.07, 6.45) is 7.46. The lowest BCUT2D eigenvalue weighted by Gasteiger charge is -2.21. The van der Waals surface area contributed by atoms with E-state index in [1.165, 1.54) is 11.6 Å². The maximum absolute atomic E-state index is 12.8. The Hall–Kier alpha value is -3.16. The van der Waals surface area contributed by atoms with E-state index in [1.807, 2.05) is 36.4 Å². The van der Waals surface area contributed by atoms with Crippen molar-refractivity contribution in [3.8, 4) is 0 Å². The van der Waals surface area contributed by atoms with Gasteiger partial charge < -0.3 is 15.0 Å². The van der Waals surface area contributed by atoms with E-state index in [0.29, 0.717) is 12.2 Å². The van der Waals surface area contributed by atoms with E-state index >= 15 is 0 Å². The first kappa shape index (κ1) is 24.9. The van der Waals surface area contributed by atoms with E-state index in [0.717, 1.165) is 62.0 Å². The zero-order valence-corrected chi connectivity index (χ0v) is 20.6. The highest BCUT2D eigenvalue weighted by Gasteiger charge is 2.24. The maximum atomic E-state index is 12.8. The van der Waals surface area contributed by atoms with Gasteiger partial charge in [0.15, 0.2) is 6.29 Å². The number of benzene rings is 2. The lowest BCUT2D eigenvalue weighted by molar-refractivity contribution is -0.198. The zero-order valence-electron chi connectivity index (χ0n) is 20.6. The quantitative estimate of drug-likeness (QED) is 0.410. The third-order valence-electron chi connectivity index (χ3n) is 6.66. The SMILES string of the molecule is CCN(CC)c1ccc(C(=O)NC2CCc3cc(/C=C/C(=O)NOC4CCCCO4)ccc32)cc1. The molecule has 0 bridgehead atoms. The van der Waals surface area contributed by atoms with Crippen molar-refractivity contribution in [1.29, 1.82) is 0 Å². The number of nitrogens with one attached hydrogen (secondary N) is 2. The van der Waals surface area contributed by atoms with Crippen molar-refractivity contribution < 1.29 is 19.2 Å². The van der Waals surface area contributed by atoms with Gasteiger partial charge in [0, 0.05) is 43.4 Å². The van der Waals surface area contributed by atoms with Crippen LogP contribution in [-0.2, 0) is 20.8 Å². The van der Waals surface area contributed by atoms with Crippen LogP contribution in [0.4, 0.5) is 5.69 Å². The minimum atomic E-state index is -0.367. The van der Waals surface area contributed by atoms with E-state index in [9.17, 15) is 9.59 Å². The van der Waals surface area contributed by atoms with Crippen LogP contribution in [0.25, 0.3) is 6.08 Å². The van der Waals surface area contributed by atoms with Gasteiger partial charge in [0.1, 0.15) is 0 Å². The van der Waals surface area contributed by atoms with E-state index in [-0.39, 0.29) is 24.1 Å². The lowest BCUT2D eigenvalue weighted by Crippen LogP contribution is -2.32. The molecule has 2 aliphatic rings. The molecule has 0 radical (unpaired) electrons. The van der Waals surface area contributed by atoms with Crippen LogP contribution >= 0.6 is 0 Å². The van der Waals surface area contributed by atoms with Gasteiger partial charge in [0.05, 0.1) is 6.04 Å². The Balaban J connectivity index is 1.31. The molecule has 0 aromatic heterocycles. The Morgan fingerprint density at radius 2 is 1.89 bits per heavy atom. The van der Waals surface area contributed by atoms with Crippen LogP contribution in [0.5, 0.6) is 0 Å². The number of ether oxygens (including phenoxy) is 1. The summed E-state index contributed by atoms with van der Waals surface area (Å²) in [6.45, 7) is 6.78. The summed E-state index contributed by atoms with van der Waals surface area (Å²) < 4.78 is 5.44.